The van der Waals surface area contributed by atoms with Crippen LogP contribution in [0.25, 0.3) is 0 Å². The molecule has 122 valence electrons. The maximum Gasteiger partial charge on any atom is 0.521 e. The molecule has 0 bridgehead atoms. The van der Waals surface area contributed by atoms with E-state index in [4.69, 9.17) is 4.10 Å². The molecule has 0 heterocycles. The van der Waals surface area contributed by atoms with E-state index in [1.165, 1.54) is 0 Å². The fraction of sp³-hybridized carbons (Fsp3) is 1.00. The van der Waals surface area contributed by atoms with Crippen molar-refractivity contribution in [3.8, 4) is 0 Å². The third-order valence-corrected chi connectivity index (χ3v) is 5.79. The van der Waals surface area contributed by atoms with Gasteiger partial charge >= 0.3 is 22.5 Å². The van der Waals surface area contributed by atoms with Crippen LogP contribution in [0, 0.1) is 0 Å². The molecule has 0 atom stereocenters. The SMILES string of the molecule is O=S(=O)(OB(C1CCCCC1)C1CCCCC1)C(F)(F)F. The molecule has 0 spiro atoms. The highest BCUT2D eigenvalue weighted by atomic mass is 32.2. The van der Waals surface area contributed by atoms with Gasteiger partial charge in [0.25, 0.3) is 0 Å². The summed E-state index contributed by atoms with van der Waals surface area (Å²) >= 11 is 0. The van der Waals surface area contributed by atoms with Crippen LogP contribution in [0.1, 0.15) is 64.2 Å². The number of hydrogen-bond donors (Lipinski definition) is 0. The van der Waals surface area contributed by atoms with Crippen LogP contribution in [0.2, 0.25) is 11.6 Å². The summed E-state index contributed by atoms with van der Waals surface area (Å²) in [7, 11) is -5.50. The van der Waals surface area contributed by atoms with Crippen LogP contribution in [0.4, 0.5) is 13.2 Å². The molecule has 0 aromatic carbocycles. The number of rotatable bonds is 4. The zero-order chi connectivity index (χ0) is 15.5. The van der Waals surface area contributed by atoms with Crippen molar-refractivity contribution >= 4 is 17.0 Å². The molecular formula is C13H22BF3O3S. The van der Waals surface area contributed by atoms with Gasteiger partial charge < -0.3 is 4.10 Å². The van der Waals surface area contributed by atoms with Crippen molar-refractivity contribution in [1.29, 1.82) is 0 Å². The molecule has 21 heavy (non-hydrogen) atoms. The molecule has 2 fully saturated rings. The van der Waals surface area contributed by atoms with Gasteiger partial charge in [-0.1, -0.05) is 64.2 Å². The van der Waals surface area contributed by atoms with Crippen LogP contribution in [-0.2, 0) is 14.2 Å². The van der Waals surface area contributed by atoms with Gasteiger partial charge in [-0.3, -0.25) is 0 Å². The highest BCUT2D eigenvalue weighted by Gasteiger charge is 2.51. The first-order valence-electron chi connectivity index (χ1n) is 7.81. The van der Waals surface area contributed by atoms with Gasteiger partial charge in [-0.15, -0.1) is 0 Å². The number of alkyl halides is 3. The Balaban J connectivity index is 2.14. The molecule has 0 aliphatic heterocycles. The minimum absolute atomic E-state index is 0.0565. The third kappa shape index (κ3) is 4.37. The molecule has 2 aliphatic carbocycles. The van der Waals surface area contributed by atoms with Crippen molar-refractivity contribution in [3.63, 3.8) is 0 Å². The second-order valence-electron chi connectivity index (χ2n) is 6.26. The Kier molecular flexibility index (Phi) is 5.62. The quantitative estimate of drug-likeness (QED) is 0.564. The maximum absolute atomic E-state index is 12.6. The molecule has 0 aromatic rings. The second kappa shape index (κ2) is 6.90. The summed E-state index contributed by atoms with van der Waals surface area (Å²) < 4.78 is 65.4. The molecule has 2 rings (SSSR count). The topological polar surface area (TPSA) is 43.4 Å². The Bertz CT molecular complexity index is 408. The summed E-state index contributed by atoms with van der Waals surface area (Å²) in [6.45, 7) is -0.794. The Hall–Kier alpha value is -0.235. The highest BCUT2D eigenvalue weighted by molar-refractivity contribution is 7.88. The molecular weight excluding hydrogens is 304 g/mol. The van der Waals surface area contributed by atoms with Gasteiger partial charge in [0.2, 0.25) is 0 Å². The second-order valence-corrected chi connectivity index (χ2v) is 7.82. The Labute approximate surface area is 124 Å². The number of hydrogen-bond acceptors (Lipinski definition) is 3. The van der Waals surface area contributed by atoms with Crippen molar-refractivity contribution in [1.82, 2.24) is 0 Å². The Morgan fingerprint density at radius 3 is 1.52 bits per heavy atom. The zero-order valence-electron chi connectivity index (χ0n) is 12.1. The van der Waals surface area contributed by atoms with Gasteiger partial charge in [0, 0.05) is 0 Å². The van der Waals surface area contributed by atoms with E-state index in [0.29, 0.717) is 0 Å². The predicted molar refractivity (Wildman–Crippen MR) is 75.5 cm³/mol. The van der Waals surface area contributed by atoms with Crippen LogP contribution in [0.5, 0.6) is 0 Å². The van der Waals surface area contributed by atoms with E-state index < -0.39 is 22.5 Å². The summed E-state index contributed by atoms with van der Waals surface area (Å²) in [5.74, 6) is -0.113. The lowest BCUT2D eigenvalue weighted by molar-refractivity contribution is -0.0503. The predicted octanol–water partition coefficient (Wildman–Crippen LogP) is 4.51. The van der Waals surface area contributed by atoms with Crippen molar-refractivity contribution in [2.75, 3.05) is 0 Å². The van der Waals surface area contributed by atoms with Crippen molar-refractivity contribution < 1.29 is 25.7 Å². The van der Waals surface area contributed by atoms with E-state index in [1.807, 2.05) is 0 Å². The van der Waals surface area contributed by atoms with Crippen molar-refractivity contribution in [2.45, 2.75) is 81.4 Å². The van der Waals surface area contributed by atoms with E-state index in [2.05, 4.69) is 0 Å². The smallest absolute Gasteiger partial charge is 0.326 e. The van der Waals surface area contributed by atoms with Gasteiger partial charge in [0.1, 0.15) is 0 Å². The average molecular weight is 326 g/mol. The van der Waals surface area contributed by atoms with Crippen LogP contribution in [-0.4, -0.2) is 20.8 Å². The van der Waals surface area contributed by atoms with Gasteiger partial charge in [0.15, 0.2) is 0 Å². The summed E-state index contributed by atoms with van der Waals surface area (Å²) in [6.07, 6.45) is 9.02. The first-order valence-corrected chi connectivity index (χ1v) is 9.21. The molecule has 0 radical (unpaired) electrons. The lowest BCUT2D eigenvalue weighted by Crippen LogP contribution is -2.39. The van der Waals surface area contributed by atoms with Crippen LogP contribution in [0.3, 0.4) is 0 Å². The monoisotopic (exact) mass is 326 g/mol. The molecule has 0 unspecified atom stereocenters. The Morgan fingerprint density at radius 2 is 1.19 bits per heavy atom. The molecule has 0 N–H and O–H groups in total. The lowest BCUT2D eigenvalue weighted by Gasteiger charge is -2.34. The van der Waals surface area contributed by atoms with E-state index in [1.54, 1.807) is 0 Å². The molecule has 0 aromatic heterocycles. The van der Waals surface area contributed by atoms with Gasteiger partial charge in [-0.2, -0.15) is 21.6 Å². The normalized spacial score (nSPS) is 23.2. The van der Waals surface area contributed by atoms with E-state index in [0.717, 1.165) is 64.2 Å². The summed E-state index contributed by atoms with van der Waals surface area (Å²) in [4.78, 5) is 0. The van der Waals surface area contributed by atoms with E-state index >= 15 is 0 Å². The summed E-state index contributed by atoms with van der Waals surface area (Å²) in [5, 5.41) is 0. The standard InChI is InChI=1S/C13H22BF3O3S/c15-13(16,17)21(18,19)20-14(11-7-3-1-4-8-11)12-9-5-2-6-10-12/h11-12H,1-10H2. The molecule has 0 amide bonds. The zero-order valence-corrected chi connectivity index (χ0v) is 12.9. The van der Waals surface area contributed by atoms with Crippen LogP contribution in [0.15, 0.2) is 0 Å². The molecule has 8 heteroatoms. The largest absolute Gasteiger partial charge is 0.521 e. The third-order valence-electron chi connectivity index (χ3n) is 4.75. The highest BCUT2D eigenvalue weighted by Crippen LogP contribution is 2.43. The molecule has 0 saturated heterocycles. The summed E-state index contributed by atoms with van der Waals surface area (Å²) in [6, 6.07) is 0. The van der Waals surface area contributed by atoms with E-state index in [9.17, 15) is 21.6 Å². The minimum atomic E-state index is -5.50. The first-order chi connectivity index (χ1) is 9.81. The lowest BCUT2D eigenvalue weighted by atomic mass is 9.42. The first kappa shape index (κ1) is 17.1. The van der Waals surface area contributed by atoms with Crippen LogP contribution >= 0.6 is 0 Å². The molecule has 3 nitrogen and oxygen atoms in total. The maximum atomic E-state index is 12.6. The van der Waals surface area contributed by atoms with Gasteiger partial charge in [0.05, 0.1) is 0 Å². The van der Waals surface area contributed by atoms with Gasteiger partial charge in [-0.05, 0) is 11.6 Å². The number of halogens is 3. The minimum Gasteiger partial charge on any atom is -0.326 e. The van der Waals surface area contributed by atoms with Crippen molar-refractivity contribution in [2.24, 2.45) is 0 Å². The average Bonchev–Trinajstić information content (AvgIpc) is 2.45. The molecule has 2 aliphatic rings. The fourth-order valence-electron chi connectivity index (χ4n) is 3.67. The fourth-order valence-corrected chi connectivity index (χ4v) is 4.38. The van der Waals surface area contributed by atoms with E-state index in [-0.39, 0.29) is 11.6 Å². The van der Waals surface area contributed by atoms with Crippen molar-refractivity contribution in [3.05, 3.63) is 0 Å². The van der Waals surface area contributed by atoms with Crippen LogP contribution < -0.4 is 0 Å². The molecule has 2 saturated carbocycles. The Morgan fingerprint density at radius 1 is 0.810 bits per heavy atom. The summed E-state index contributed by atoms with van der Waals surface area (Å²) in [5.41, 5.74) is -5.32. The van der Waals surface area contributed by atoms with Gasteiger partial charge in [-0.25, -0.2) is 0 Å².